The molecule has 0 fully saturated rings. The molecule has 0 aliphatic carbocycles. The average Bonchev–Trinajstić information content (AvgIpc) is 3.02. The first-order valence-electron chi connectivity index (χ1n) is 8.72. The van der Waals surface area contributed by atoms with Crippen LogP contribution >= 0.6 is 0 Å². The number of nitrogens with zero attached hydrogens (tertiary/aromatic N) is 3. The number of alkyl halides is 8. The van der Waals surface area contributed by atoms with Crippen LogP contribution in [0.25, 0.3) is 22.6 Å². The quantitative estimate of drug-likeness (QED) is 0.481. The lowest BCUT2D eigenvalue weighted by molar-refractivity contribution is -0.289. The highest BCUT2D eigenvalue weighted by molar-refractivity contribution is 7.91. The number of fused-ring (bicyclic) bond motifs is 1. The summed E-state index contributed by atoms with van der Waals surface area (Å²) in [6.07, 6.45) is -10.4. The first kappa shape index (κ1) is 23.9. The van der Waals surface area contributed by atoms with Gasteiger partial charge in [-0.25, -0.2) is 13.4 Å². The van der Waals surface area contributed by atoms with Gasteiger partial charge >= 0.3 is 18.3 Å². The van der Waals surface area contributed by atoms with Gasteiger partial charge in [0, 0.05) is 18.8 Å². The van der Waals surface area contributed by atoms with Crippen molar-refractivity contribution >= 4 is 20.9 Å². The van der Waals surface area contributed by atoms with E-state index in [4.69, 9.17) is 0 Å². The Morgan fingerprint density at radius 1 is 0.969 bits per heavy atom. The van der Waals surface area contributed by atoms with Gasteiger partial charge in [-0.1, -0.05) is 13.0 Å². The first-order chi connectivity index (χ1) is 14.5. The van der Waals surface area contributed by atoms with Gasteiger partial charge in [0.25, 0.3) is 0 Å². The maximum atomic E-state index is 13.7. The number of pyridine rings is 1. The Labute approximate surface area is 175 Å². The number of imidazole rings is 1. The first-order valence-corrected chi connectivity index (χ1v) is 10.4. The third-order valence-corrected chi connectivity index (χ3v) is 6.45. The highest BCUT2D eigenvalue weighted by atomic mass is 32.2. The van der Waals surface area contributed by atoms with Crippen molar-refractivity contribution in [3.63, 3.8) is 0 Å². The second-order valence-electron chi connectivity index (χ2n) is 6.74. The monoisotopic (exact) mass is 487 g/mol. The summed E-state index contributed by atoms with van der Waals surface area (Å²) in [4.78, 5) is 6.68. The smallest absolute Gasteiger partial charge is 0.326 e. The van der Waals surface area contributed by atoms with Crippen LogP contribution in [0.1, 0.15) is 18.1 Å². The molecule has 32 heavy (non-hydrogen) atoms. The van der Waals surface area contributed by atoms with Crippen LogP contribution in [0, 0.1) is 0 Å². The van der Waals surface area contributed by atoms with Crippen LogP contribution in [-0.4, -0.2) is 34.9 Å². The predicted molar refractivity (Wildman–Crippen MR) is 96.6 cm³/mol. The van der Waals surface area contributed by atoms with Crippen molar-refractivity contribution < 1.29 is 43.5 Å². The minimum atomic E-state index is -5.87. The standard InChI is InChI=1S/C18H13F8N3O2S/c1-3-32(30,31)13-7-10(17(21,22)23)8-27-14(13)15-28-11-6-9(4-5-12(11)29(15)2)16(19,20)18(24,25)26/h4-8H,3H2,1-2H3. The molecule has 14 heteroatoms. The number of benzene rings is 1. The van der Waals surface area contributed by atoms with Crippen LogP contribution in [-0.2, 0) is 29.0 Å². The molecule has 0 spiro atoms. The topological polar surface area (TPSA) is 64.8 Å². The van der Waals surface area contributed by atoms with Gasteiger partial charge in [-0.3, -0.25) is 4.98 Å². The fraction of sp³-hybridized carbons (Fsp3) is 0.333. The molecule has 0 aliphatic heterocycles. The summed E-state index contributed by atoms with van der Waals surface area (Å²) in [5.41, 5.74) is -3.56. The van der Waals surface area contributed by atoms with Crippen molar-refractivity contribution in [1.82, 2.24) is 14.5 Å². The Bertz CT molecular complexity index is 1290. The van der Waals surface area contributed by atoms with E-state index in [9.17, 15) is 43.5 Å². The van der Waals surface area contributed by atoms with E-state index in [1.165, 1.54) is 14.0 Å². The molecular formula is C18H13F8N3O2S. The van der Waals surface area contributed by atoms with Gasteiger partial charge in [0.15, 0.2) is 15.7 Å². The van der Waals surface area contributed by atoms with E-state index in [0.29, 0.717) is 24.4 Å². The number of hydrogen-bond acceptors (Lipinski definition) is 4. The molecule has 0 amide bonds. The maximum Gasteiger partial charge on any atom is 0.458 e. The molecule has 0 aliphatic rings. The van der Waals surface area contributed by atoms with E-state index in [-0.39, 0.29) is 16.9 Å². The van der Waals surface area contributed by atoms with Crippen LogP contribution in [0.2, 0.25) is 0 Å². The lowest BCUT2D eigenvalue weighted by Crippen LogP contribution is -2.33. The summed E-state index contributed by atoms with van der Waals surface area (Å²) in [6.45, 7) is 1.19. The number of sulfone groups is 1. The predicted octanol–water partition coefficient (Wildman–Crippen LogP) is 5.10. The summed E-state index contributed by atoms with van der Waals surface area (Å²) in [7, 11) is -2.96. The molecule has 2 heterocycles. The van der Waals surface area contributed by atoms with E-state index >= 15 is 0 Å². The zero-order valence-electron chi connectivity index (χ0n) is 16.2. The fourth-order valence-electron chi connectivity index (χ4n) is 2.93. The second kappa shape index (κ2) is 7.39. The van der Waals surface area contributed by atoms with Crippen LogP contribution < -0.4 is 0 Å². The van der Waals surface area contributed by atoms with Crippen LogP contribution in [0.3, 0.4) is 0 Å². The Hall–Kier alpha value is -2.77. The van der Waals surface area contributed by atoms with Gasteiger partial charge in [0.2, 0.25) is 0 Å². The summed E-state index contributed by atoms with van der Waals surface area (Å²) < 4.78 is 131. The lowest BCUT2D eigenvalue weighted by atomic mass is 10.1. The number of aryl methyl sites for hydroxylation is 1. The lowest BCUT2D eigenvalue weighted by Gasteiger charge is -2.19. The fourth-order valence-corrected chi connectivity index (χ4v) is 3.99. The average molecular weight is 487 g/mol. The molecule has 1 aromatic carbocycles. The van der Waals surface area contributed by atoms with Gasteiger partial charge in [-0.05, 0) is 18.2 Å². The minimum Gasteiger partial charge on any atom is -0.326 e. The summed E-state index contributed by atoms with van der Waals surface area (Å²) in [5.74, 6) is -6.08. The molecule has 0 radical (unpaired) electrons. The molecule has 3 rings (SSSR count). The van der Waals surface area contributed by atoms with Gasteiger partial charge < -0.3 is 4.57 Å². The van der Waals surface area contributed by atoms with E-state index in [1.54, 1.807) is 0 Å². The maximum absolute atomic E-state index is 13.7. The second-order valence-corrected chi connectivity index (χ2v) is 8.99. The largest absolute Gasteiger partial charge is 0.458 e. The molecule has 3 aromatic rings. The molecule has 0 bridgehead atoms. The van der Waals surface area contributed by atoms with Crippen LogP contribution in [0.4, 0.5) is 35.1 Å². The highest BCUT2D eigenvalue weighted by Gasteiger charge is 2.58. The van der Waals surface area contributed by atoms with Crippen LogP contribution in [0.5, 0.6) is 0 Å². The van der Waals surface area contributed by atoms with Crippen molar-refractivity contribution in [1.29, 1.82) is 0 Å². The summed E-state index contributed by atoms with van der Waals surface area (Å²) >= 11 is 0. The van der Waals surface area contributed by atoms with Gasteiger partial charge in [0.1, 0.15) is 5.69 Å². The Morgan fingerprint density at radius 3 is 2.12 bits per heavy atom. The third-order valence-electron chi connectivity index (χ3n) is 4.71. The molecule has 0 saturated heterocycles. The van der Waals surface area contributed by atoms with Gasteiger partial charge in [-0.2, -0.15) is 35.1 Å². The number of halogens is 8. The van der Waals surface area contributed by atoms with Crippen molar-refractivity contribution in [2.75, 3.05) is 5.75 Å². The number of aromatic nitrogens is 3. The molecule has 5 nitrogen and oxygen atoms in total. The van der Waals surface area contributed by atoms with Crippen molar-refractivity contribution in [3.05, 3.63) is 41.6 Å². The summed E-state index contributed by atoms with van der Waals surface area (Å²) in [6, 6.07) is 2.30. The normalized spacial score (nSPS) is 13.7. The molecule has 2 aromatic heterocycles. The zero-order valence-corrected chi connectivity index (χ0v) is 17.0. The Morgan fingerprint density at radius 2 is 1.59 bits per heavy atom. The highest BCUT2D eigenvalue weighted by Crippen LogP contribution is 2.44. The van der Waals surface area contributed by atoms with Gasteiger partial charge in [0.05, 0.1) is 27.2 Å². The van der Waals surface area contributed by atoms with Crippen LogP contribution in [0.15, 0.2) is 35.4 Å². The van der Waals surface area contributed by atoms with E-state index in [0.717, 1.165) is 10.6 Å². The molecular weight excluding hydrogens is 474 g/mol. The van der Waals surface area contributed by atoms with Crippen molar-refractivity contribution in [2.45, 2.75) is 30.1 Å². The van der Waals surface area contributed by atoms with E-state index in [2.05, 4.69) is 9.97 Å². The summed E-state index contributed by atoms with van der Waals surface area (Å²) in [5, 5.41) is 0. The van der Waals surface area contributed by atoms with Crippen molar-refractivity contribution in [3.8, 4) is 11.5 Å². The van der Waals surface area contributed by atoms with E-state index < -0.39 is 55.6 Å². The molecule has 0 saturated carbocycles. The Balaban J connectivity index is 2.28. The minimum absolute atomic E-state index is 0.0308. The molecule has 174 valence electrons. The SMILES string of the molecule is CCS(=O)(=O)c1cc(C(F)(F)F)cnc1-c1nc2cc(C(F)(F)C(F)(F)F)ccc2n1C. The molecule has 0 unspecified atom stereocenters. The van der Waals surface area contributed by atoms with Crippen molar-refractivity contribution in [2.24, 2.45) is 7.05 Å². The molecule has 0 N–H and O–H groups in total. The number of rotatable bonds is 4. The van der Waals surface area contributed by atoms with E-state index in [1.807, 2.05) is 0 Å². The third kappa shape index (κ3) is 3.91. The Kier molecular flexibility index (Phi) is 5.51. The van der Waals surface area contributed by atoms with Gasteiger partial charge in [-0.15, -0.1) is 0 Å². The zero-order chi connectivity index (χ0) is 24.3. The molecule has 0 atom stereocenters. The number of hydrogen-bond donors (Lipinski definition) is 0.